The molecule has 0 saturated carbocycles. The maximum atomic E-state index is 11.7. The number of esters is 2. The Bertz CT molecular complexity index is 428. The first-order valence-corrected chi connectivity index (χ1v) is 10.7. The molecule has 0 rings (SSSR count). The SMILES string of the molecule is CCCCCCCCCCCCCCCC/C(C(=O)OC)=C(/O)C(=O)OC. The highest BCUT2D eigenvalue weighted by Crippen LogP contribution is 2.17. The highest BCUT2D eigenvalue weighted by atomic mass is 16.5. The molecule has 0 radical (unpaired) electrons. The normalized spacial score (nSPS) is 11.8. The Labute approximate surface area is 165 Å². The van der Waals surface area contributed by atoms with E-state index < -0.39 is 17.7 Å². The third-order valence-electron chi connectivity index (χ3n) is 4.88. The molecule has 0 aromatic rings. The zero-order valence-corrected chi connectivity index (χ0v) is 17.7. The number of methoxy groups -OCH3 is 2. The molecule has 0 aliphatic heterocycles. The van der Waals surface area contributed by atoms with E-state index in [4.69, 9.17) is 0 Å². The van der Waals surface area contributed by atoms with Gasteiger partial charge in [-0.15, -0.1) is 0 Å². The second kappa shape index (κ2) is 17.9. The van der Waals surface area contributed by atoms with Gasteiger partial charge >= 0.3 is 11.9 Å². The average molecular weight is 385 g/mol. The Morgan fingerprint density at radius 2 is 1.00 bits per heavy atom. The van der Waals surface area contributed by atoms with Crippen molar-refractivity contribution >= 4 is 11.9 Å². The fourth-order valence-electron chi connectivity index (χ4n) is 3.16. The van der Waals surface area contributed by atoms with Gasteiger partial charge in [-0.25, -0.2) is 9.59 Å². The molecule has 0 heterocycles. The van der Waals surface area contributed by atoms with Crippen LogP contribution in [-0.4, -0.2) is 31.3 Å². The molecular weight excluding hydrogens is 344 g/mol. The number of carbonyl (C=O) groups is 2. The van der Waals surface area contributed by atoms with Crippen molar-refractivity contribution in [3.05, 3.63) is 11.3 Å². The van der Waals surface area contributed by atoms with Gasteiger partial charge in [-0.1, -0.05) is 90.4 Å². The van der Waals surface area contributed by atoms with Gasteiger partial charge in [0.2, 0.25) is 5.76 Å². The number of aliphatic hydroxyl groups excluding tert-OH is 1. The van der Waals surface area contributed by atoms with Crippen molar-refractivity contribution < 1.29 is 24.2 Å². The number of hydrogen-bond donors (Lipinski definition) is 1. The molecule has 5 nitrogen and oxygen atoms in total. The molecule has 0 aromatic carbocycles. The average Bonchev–Trinajstić information content (AvgIpc) is 2.69. The van der Waals surface area contributed by atoms with E-state index in [2.05, 4.69) is 16.4 Å². The van der Waals surface area contributed by atoms with Crippen LogP contribution in [0.4, 0.5) is 0 Å². The van der Waals surface area contributed by atoms with Gasteiger partial charge in [-0.05, 0) is 12.8 Å². The largest absolute Gasteiger partial charge is 0.501 e. The van der Waals surface area contributed by atoms with Crippen LogP contribution in [0, 0.1) is 0 Å². The number of rotatable bonds is 17. The van der Waals surface area contributed by atoms with Gasteiger partial charge in [-0.3, -0.25) is 0 Å². The predicted octanol–water partition coefficient (Wildman–Crippen LogP) is 6.02. The maximum Gasteiger partial charge on any atom is 0.373 e. The molecule has 0 unspecified atom stereocenters. The summed E-state index contributed by atoms with van der Waals surface area (Å²) in [7, 11) is 2.40. The van der Waals surface area contributed by atoms with E-state index in [0.717, 1.165) is 19.3 Å². The molecule has 0 aromatic heterocycles. The first-order chi connectivity index (χ1) is 13.1. The van der Waals surface area contributed by atoms with Crippen LogP contribution in [0.2, 0.25) is 0 Å². The Morgan fingerprint density at radius 3 is 1.37 bits per heavy atom. The monoisotopic (exact) mass is 384 g/mol. The summed E-state index contributed by atoms with van der Waals surface area (Å²) in [5.74, 6) is -2.22. The van der Waals surface area contributed by atoms with Gasteiger partial charge in [0.05, 0.1) is 19.8 Å². The second-order valence-electron chi connectivity index (χ2n) is 7.16. The third-order valence-corrected chi connectivity index (χ3v) is 4.88. The molecule has 158 valence electrons. The van der Waals surface area contributed by atoms with Crippen LogP contribution in [0.15, 0.2) is 11.3 Å². The molecule has 0 amide bonds. The van der Waals surface area contributed by atoms with Crippen molar-refractivity contribution in [2.24, 2.45) is 0 Å². The first kappa shape index (κ1) is 25.5. The van der Waals surface area contributed by atoms with Crippen molar-refractivity contribution in [3.8, 4) is 0 Å². The van der Waals surface area contributed by atoms with E-state index >= 15 is 0 Å². The summed E-state index contributed by atoms with van der Waals surface area (Å²) < 4.78 is 9.09. The molecule has 0 bridgehead atoms. The summed E-state index contributed by atoms with van der Waals surface area (Å²) in [4.78, 5) is 23.1. The van der Waals surface area contributed by atoms with Crippen molar-refractivity contribution in [2.75, 3.05) is 14.2 Å². The second-order valence-corrected chi connectivity index (χ2v) is 7.16. The summed E-state index contributed by atoms with van der Waals surface area (Å²) in [5.41, 5.74) is 0.00304. The van der Waals surface area contributed by atoms with Crippen LogP contribution in [0.1, 0.15) is 103 Å². The lowest BCUT2D eigenvalue weighted by atomic mass is 10.0. The van der Waals surface area contributed by atoms with E-state index in [1.807, 2.05) is 0 Å². The molecule has 0 aliphatic carbocycles. The molecule has 0 saturated heterocycles. The number of aliphatic hydroxyl groups is 1. The Morgan fingerprint density at radius 1 is 0.630 bits per heavy atom. The van der Waals surface area contributed by atoms with Crippen molar-refractivity contribution in [1.82, 2.24) is 0 Å². The lowest BCUT2D eigenvalue weighted by Gasteiger charge is -2.08. The Kier molecular flexibility index (Phi) is 16.9. The maximum absolute atomic E-state index is 11.7. The zero-order valence-electron chi connectivity index (χ0n) is 17.7. The summed E-state index contributed by atoms with van der Waals surface area (Å²) >= 11 is 0. The van der Waals surface area contributed by atoms with Crippen molar-refractivity contribution in [3.63, 3.8) is 0 Å². The number of hydrogen-bond acceptors (Lipinski definition) is 5. The van der Waals surface area contributed by atoms with E-state index in [0.29, 0.717) is 6.42 Å². The van der Waals surface area contributed by atoms with Gasteiger partial charge in [0.1, 0.15) is 0 Å². The van der Waals surface area contributed by atoms with Gasteiger partial charge < -0.3 is 14.6 Å². The molecule has 1 N–H and O–H groups in total. The third kappa shape index (κ3) is 13.3. The highest BCUT2D eigenvalue weighted by molar-refractivity contribution is 5.98. The Hall–Kier alpha value is -1.52. The summed E-state index contributed by atoms with van der Waals surface area (Å²) in [5, 5.41) is 9.79. The Balaban J connectivity index is 3.72. The van der Waals surface area contributed by atoms with E-state index in [-0.39, 0.29) is 5.57 Å². The standard InChI is InChI=1S/C22H40O5/c1-4-5-6-7-8-9-10-11-12-13-14-15-16-17-18-19(21(24)26-2)20(23)22(25)27-3/h23H,4-18H2,1-3H3/b20-19-. The molecule has 0 spiro atoms. The lowest BCUT2D eigenvalue weighted by Crippen LogP contribution is -2.14. The molecular formula is C22H40O5. The van der Waals surface area contributed by atoms with Crippen molar-refractivity contribution in [1.29, 1.82) is 0 Å². The molecule has 5 heteroatoms. The van der Waals surface area contributed by atoms with E-state index in [1.165, 1.54) is 84.8 Å². The summed E-state index contributed by atoms with van der Waals surface area (Å²) in [6.45, 7) is 2.25. The molecule has 0 fully saturated rings. The van der Waals surface area contributed by atoms with Gasteiger partial charge in [0, 0.05) is 0 Å². The number of ether oxygens (including phenoxy) is 2. The molecule has 0 aliphatic rings. The number of unbranched alkanes of at least 4 members (excludes halogenated alkanes) is 13. The van der Waals surface area contributed by atoms with Gasteiger partial charge in [0.15, 0.2) is 0 Å². The summed E-state index contributed by atoms with van der Waals surface area (Å²) in [6.07, 6.45) is 17.8. The van der Waals surface area contributed by atoms with Crippen LogP contribution in [0.25, 0.3) is 0 Å². The minimum atomic E-state index is -0.902. The first-order valence-electron chi connectivity index (χ1n) is 10.7. The minimum absolute atomic E-state index is 0.00304. The predicted molar refractivity (Wildman–Crippen MR) is 109 cm³/mol. The fraction of sp³-hybridized carbons (Fsp3) is 0.818. The quantitative estimate of drug-likeness (QED) is 0.144. The molecule has 27 heavy (non-hydrogen) atoms. The fourth-order valence-corrected chi connectivity index (χ4v) is 3.16. The van der Waals surface area contributed by atoms with Crippen molar-refractivity contribution in [2.45, 2.75) is 103 Å². The van der Waals surface area contributed by atoms with E-state index in [1.54, 1.807) is 0 Å². The van der Waals surface area contributed by atoms with Crippen LogP contribution < -0.4 is 0 Å². The van der Waals surface area contributed by atoms with Crippen LogP contribution in [-0.2, 0) is 19.1 Å². The summed E-state index contributed by atoms with van der Waals surface area (Å²) in [6, 6.07) is 0. The smallest absolute Gasteiger partial charge is 0.373 e. The highest BCUT2D eigenvalue weighted by Gasteiger charge is 2.21. The van der Waals surface area contributed by atoms with Crippen LogP contribution in [0.5, 0.6) is 0 Å². The minimum Gasteiger partial charge on any atom is -0.501 e. The van der Waals surface area contributed by atoms with E-state index in [9.17, 15) is 14.7 Å². The van der Waals surface area contributed by atoms with Crippen LogP contribution >= 0.6 is 0 Å². The van der Waals surface area contributed by atoms with Gasteiger partial charge in [-0.2, -0.15) is 0 Å². The van der Waals surface area contributed by atoms with Gasteiger partial charge in [0.25, 0.3) is 0 Å². The van der Waals surface area contributed by atoms with Crippen LogP contribution in [0.3, 0.4) is 0 Å². The topological polar surface area (TPSA) is 72.8 Å². The lowest BCUT2D eigenvalue weighted by molar-refractivity contribution is -0.141. The molecule has 0 atom stereocenters. The number of carbonyl (C=O) groups excluding carboxylic acids is 2. The zero-order chi connectivity index (χ0) is 20.3.